The molecule has 1 saturated carbocycles. The van der Waals surface area contributed by atoms with Crippen molar-refractivity contribution in [2.75, 3.05) is 11.9 Å². The van der Waals surface area contributed by atoms with Gasteiger partial charge in [0, 0.05) is 6.54 Å². The van der Waals surface area contributed by atoms with Crippen molar-refractivity contribution in [3.05, 3.63) is 22.5 Å². The molecule has 1 aliphatic rings. The molecule has 2 rings (SSSR count). The van der Waals surface area contributed by atoms with E-state index < -0.39 is 4.92 Å². The summed E-state index contributed by atoms with van der Waals surface area (Å²) in [5, 5.41) is 13.5. The highest BCUT2D eigenvalue weighted by atomic mass is 16.6. The molecule has 1 fully saturated rings. The number of nitrogens with zero attached hydrogens (tertiary/aromatic N) is 3. The molecular formula is C10H14N4O2. The van der Waals surface area contributed by atoms with E-state index in [4.69, 9.17) is 0 Å². The van der Waals surface area contributed by atoms with E-state index >= 15 is 0 Å². The Morgan fingerprint density at radius 3 is 2.56 bits per heavy atom. The topological polar surface area (TPSA) is 81.0 Å². The lowest BCUT2D eigenvalue weighted by atomic mass is 9.70. The van der Waals surface area contributed by atoms with Gasteiger partial charge in [0.1, 0.15) is 12.4 Å². The molecular weight excluding hydrogens is 208 g/mol. The van der Waals surface area contributed by atoms with Gasteiger partial charge in [-0.1, -0.05) is 13.3 Å². The number of hydrogen-bond donors (Lipinski definition) is 1. The molecule has 6 heteroatoms. The van der Waals surface area contributed by atoms with Crippen LogP contribution in [0.4, 0.5) is 11.6 Å². The molecule has 16 heavy (non-hydrogen) atoms. The normalized spacial score (nSPS) is 17.6. The van der Waals surface area contributed by atoms with Gasteiger partial charge in [0.2, 0.25) is 5.95 Å². The Balaban J connectivity index is 1.92. The summed E-state index contributed by atoms with van der Waals surface area (Å²) in [6.45, 7) is 3.04. The Labute approximate surface area is 93.3 Å². The van der Waals surface area contributed by atoms with Crippen molar-refractivity contribution in [1.82, 2.24) is 9.97 Å². The van der Waals surface area contributed by atoms with Crippen LogP contribution in [-0.4, -0.2) is 21.4 Å². The zero-order valence-electron chi connectivity index (χ0n) is 9.14. The van der Waals surface area contributed by atoms with Crippen LogP contribution in [0, 0.1) is 15.5 Å². The van der Waals surface area contributed by atoms with E-state index in [1.807, 2.05) is 0 Å². The fourth-order valence-corrected chi connectivity index (χ4v) is 1.76. The molecule has 1 aliphatic carbocycles. The fourth-order valence-electron chi connectivity index (χ4n) is 1.76. The van der Waals surface area contributed by atoms with Crippen LogP contribution in [0.1, 0.15) is 26.2 Å². The van der Waals surface area contributed by atoms with Gasteiger partial charge in [-0.05, 0) is 18.3 Å². The minimum absolute atomic E-state index is 0.0830. The van der Waals surface area contributed by atoms with Crippen LogP contribution in [0.2, 0.25) is 0 Å². The minimum Gasteiger partial charge on any atom is -0.354 e. The predicted molar refractivity (Wildman–Crippen MR) is 59.1 cm³/mol. The van der Waals surface area contributed by atoms with Crippen LogP contribution in [0.3, 0.4) is 0 Å². The first-order chi connectivity index (χ1) is 7.59. The fraction of sp³-hybridized carbons (Fsp3) is 0.600. The maximum Gasteiger partial charge on any atom is 0.305 e. The maximum atomic E-state index is 10.4. The van der Waals surface area contributed by atoms with Crippen LogP contribution in [0.5, 0.6) is 0 Å². The number of anilines is 1. The van der Waals surface area contributed by atoms with E-state index in [0.29, 0.717) is 11.4 Å². The highest BCUT2D eigenvalue weighted by Crippen LogP contribution is 2.39. The second-order valence-corrected chi connectivity index (χ2v) is 4.54. The van der Waals surface area contributed by atoms with Gasteiger partial charge in [-0.15, -0.1) is 0 Å². The number of nitro groups is 1. The summed E-state index contributed by atoms with van der Waals surface area (Å²) in [6.07, 6.45) is 6.15. The van der Waals surface area contributed by atoms with Gasteiger partial charge in [-0.2, -0.15) is 0 Å². The molecule has 0 bridgehead atoms. The third kappa shape index (κ3) is 2.26. The van der Waals surface area contributed by atoms with E-state index in [1.165, 1.54) is 31.7 Å². The SMILES string of the molecule is CC1(CNc2ncc([N+](=O)[O-])cn2)CCC1. The quantitative estimate of drug-likeness (QED) is 0.622. The zero-order chi connectivity index (χ0) is 11.6. The van der Waals surface area contributed by atoms with Gasteiger partial charge in [-0.3, -0.25) is 10.1 Å². The molecule has 0 atom stereocenters. The molecule has 0 unspecified atom stereocenters. The molecule has 86 valence electrons. The maximum absolute atomic E-state index is 10.4. The summed E-state index contributed by atoms with van der Waals surface area (Å²) in [7, 11) is 0. The van der Waals surface area contributed by atoms with Crippen LogP contribution in [-0.2, 0) is 0 Å². The van der Waals surface area contributed by atoms with Crippen molar-refractivity contribution in [2.45, 2.75) is 26.2 Å². The van der Waals surface area contributed by atoms with Crippen LogP contribution >= 0.6 is 0 Å². The Hall–Kier alpha value is -1.72. The summed E-state index contributed by atoms with van der Waals surface area (Å²) in [5.74, 6) is 0.457. The molecule has 0 aliphatic heterocycles. The van der Waals surface area contributed by atoms with Crippen LogP contribution < -0.4 is 5.32 Å². The second kappa shape index (κ2) is 4.03. The molecule has 1 aromatic rings. The number of nitrogens with one attached hydrogen (secondary N) is 1. The predicted octanol–water partition coefficient (Wildman–Crippen LogP) is 1.99. The van der Waals surface area contributed by atoms with Crippen molar-refractivity contribution in [3.8, 4) is 0 Å². The summed E-state index contributed by atoms with van der Waals surface area (Å²) in [5.41, 5.74) is 0.255. The van der Waals surface area contributed by atoms with Crippen LogP contribution in [0.25, 0.3) is 0 Å². The third-order valence-electron chi connectivity index (χ3n) is 3.08. The lowest BCUT2D eigenvalue weighted by molar-refractivity contribution is -0.385. The highest BCUT2D eigenvalue weighted by Gasteiger charge is 2.31. The highest BCUT2D eigenvalue weighted by molar-refractivity contribution is 5.30. The zero-order valence-corrected chi connectivity index (χ0v) is 9.14. The summed E-state index contributed by atoms with van der Waals surface area (Å²) in [4.78, 5) is 17.7. The molecule has 0 amide bonds. The summed E-state index contributed by atoms with van der Waals surface area (Å²) in [6, 6.07) is 0. The molecule has 0 radical (unpaired) electrons. The monoisotopic (exact) mass is 222 g/mol. The van der Waals surface area contributed by atoms with E-state index in [1.54, 1.807) is 0 Å². The van der Waals surface area contributed by atoms with E-state index in [9.17, 15) is 10.1 Å². The average Bonchev–Trinajstić information content (AvgIpc) is 2.24. The summed E-state index contributed by atoms with van der Waals surface area (Å²) < 4.78 is 0. The Bertz CT molecular complexity index is 386. The number of aromatic nitrogens is 2. The third-order valence-corrected chi connectivity index (χ3v) is 3.08. The van der Waals surface area contributed by atoms with Crippen molar-refractivity contribution >= 4 is 11.6 Å². The van der Waals surface area contributed by atoms with Gasteiger partial charge in [0.05, 0.1) is 4.92 Å². The lowest BCUT2D eigenvalue weighted by Gasteiger charge is -2.38. The van der Waals surface area contributed by atoms with Crippen molar-refractivity contribution in [3.63, 3.8) is 0 Å². The van der Waals surface area contributed by atoms with Crippen LogP contribution in [0.15, 0.2) is 12.4 Å². The first-order valence-electron chi connectivity index (χ1n) is 5.29. The smallest absolute Gasteiger partial charge is 0.305 e. The molecule has 1 heterocycles. The van der Waals surface area contributed by atoms with Gasteiger partial charge in [0.25, 0.3) is 0 Å². The average molecular weight is 222 g/mol. The van der Waals surface area contributed by atoms with E-state index in [2.05, 4.69) is 22.2 Å². The van der Waals surface area contributed by atoms with Gasteiger partial charge in [0.15, 0.2) is 0 Å². The lowest BCUT2D eigenvalue weighted by Crippen LogP contribution is -2.33. The first kappa shape index (κ1) is 10.8. The van der Waals surface area contributed by atoms with Crippen molar-refractivity contribution in [2.24, 2.45) is 5.41 Å². The van der Waals surface area contributed by atoms with Crippen molar-refractivity contribution < 1.29 is 4.92 Å². The molecule has 1 N–H and O–H groups in total. The molecule has 1 aromatic heterocycles. The molecule has 0 spiro atoms. The first-order valence-corrected chi connectivity index (χ1v) is 5.29. The van der Waals surface area contributed by atoms with Crippen molar-refractivity contribution in [1.29, 1.82) is 0 Å². The molecule has 6 nitrogen and oxygen atoms in total. The van der Waals surface area contributed by atoms with Gasteiger partial charge in [-0.25, -0.2) is 9.97 Å². The number of hydrogen-bond acceptors (Lipinski definition) is 5. The second-order valence-electron chi connectivity index (χ2n) is 4.54. The Kier molecular flexibility index (Phi) is 2.72. The van der Waals surface area contributed by atoms with E-state index in [-0.39, 0.29) is 5.69 Å². The molecule has 0 saturated heterocycles. The van der Waals surface area contributed by atoms with Gasteiger partial charge >= 0.3 is 5.69 Å². The minimum atomic E-state index is -0.503. The summed E-state index contributed by atoms with van der Waals surface area (Å²) >= 11 is 0. The Morgan fingerprint density at radius 1 is 1.50 bits per heavy atom. The van der Waals surface area contributed by atoms with E-state index in [0.717, 1.165) is 6.54 Å². The largest absolute Gasteiger partial charge is 0.354 e. The number of rotatable bonds is 4. The molecule has 0 aromatic carbocycles. The standard InChI is InChI=1S/C10H14N4O2/c1-10(3-2-4-10)7-13-9-11-5-8(6-12-9)14(15)16/h5-6H,2-4,7H2,1H3,(H,11,12,13). The Morgan fingerprint density at radius 2 is 2.12 bits per heavy atom. The van der Waals surface area contributed by atoms with Gasteiger partial charge < -0.3 is 5.32 Å².